The van der Waals surface area contributed by atoms with E-state index in [4.69, 9.17) is 13.8 Å². The van der Waals surface area contributed by atoms with Crippen molar-refractivity contribution in [2.75, 3.05) is 0 Å². The molecule has 0 radical (unpaired) electrons. The number of nitrogens with zero attached hydrogens (tertiary/aromatic N) is 4. The van der Waals surface area contributed by atoms with Crippen molar-refractivity contribution in [3.8, 4) is 84.3 Å². The number of hydrogen-bond acceptors (Lipinski definition) is 2. The summed E-state index contributed by atoms with van der Waals surface area (Å²) < 4.78 is 59.2. The Morgan fingerprint density at radius 2 is 1.16 bits per heavy atom. The van der Waals surface area contributed by atoms with Crippen molar-refractivity contribution in [2.45, 2.75) is 77.6 Å². The van der Waals surface area contributed by atoms with Crippen LogP contribution in [0.15, 0.2) is 212 Å². The summed E-state index contributed by atoms with van der Waals surface area (Å²) in [5.74, 6) is 2.12. The molecule has 5 heteroatoms. The molecule has 0 saturated heterocycles. The van der Waals surface area contributed by atoms with Crippen LogP contribution >= 0.6 is 0 Å². The molecular weight excluding hydrogens is 937 g/mol. The van der Waals surface area contributed by atoms with Crippen molar-refractivity contribution in [3.05, 3.63) is 235 Å². The molecule has 0 saturated carbocycles. The van der Waals surface area contributed by atoms with Crippen molar-refractivity contribution >= 4 is 32.8 Å². The molecule has 2 aliphatic rings. The largest absolute Gasteiger partial charge is 0.458 e. The lowest BCUT2D eigenvalue weighted by molar-refractivity contribution is -0.571. The van der Waals surface area contributed by atoms with Crippen LogP contribution in [0, 0.1) is 6.33 Å². The number of aromatic nitrogens is 4. The number of rotatable bonds is 6. The average Bonchev–Trinajstić information content (AvgIpc) is 2.36. The van der Waals surface area contributed by atoms with E-state index < -0.39 is 18.1 Å². The Kier molecular flexibility index (Phi) is 9.35. The fourth-order valence-corrected chi connectivity index (χ4v) is 12.4. The standard InChI is InChI=1S/C72H60N4O/c1-70(2,3)47-36-39-73-67(40-47)76-63-29-16-15-28-56(63)57-33-32-50(42-66(57)76)77-49-23-19-22-48(41-49)74-45-75(65-31-18-17-30-64(65)74)69-51(46-20-9-8-10-21-46)34-35-58-54-26-13-11-24-52(54)53-25-12-14-27-55(53)59-43-61-62(44-60(59)68(58)69)72(6,7)38-37-71(61,4)5/h8-36,39-44H,37-38H2,1-7H3/i8D,9D,10D,20D,21D. The molecular formula is C72H60N4O. The number of pyridine rings is 1. The van der Waals surface area contributed by atoms with Gasteiger partial charge in [0.2, 0.25) is 0 Å². The van der Waals surface area contributed by atoms with Crippen LogP contribution in [0.5, 0.6) is 11.5 Å². The van der Waals surface area contributed by atoms with Gasteiger partial charge in [-0.3, -0.25) is 13.7 Å². The molecule has 2 aliphatic carbocycles. The average molecular weight is 1000 g/mol. The summed E-state index contributed by atoms with van der Waals surface area (Å²) in [6.45, 7) is 16.1. The summed E-state index contributed by atoms with van der Waals surface area (Å²) in [6.07, 6.45) is 7.79. The highest BCUT2D eigenvalue weighted by Gasteiger charge is 2.39. The first-order chi connectivity index (χ1) is 39.4. The Morgan fingerprint density at radius 1 is 0.545 bits per heavy atom. The van der Waals surface area contributed by atoms with Gasteiger partial charge >= 0.3 is 0 Å². The molecule has 14 rings (SSSR count). The molecule has 0 amide bonds. The lowest BCUT2D eigenvalue weighted by Gasteiger charge is -2.43. The third-order valence-corrected chi connectivity index (χ3v) is 16.5. The van der Waals surface area contributed by atoms with Gasteiger partial charge in [0.15, 0.2) is 0 Å². The van der Waals surface area contributed by atoms with Gasteiger partial charge in [-0.1, -0.05) is 194 Å². The third-order valence-electron chi connectivity index (χ3n) is 16.5. The van der Waals surface area contributed by atoms with Crippen LogP contribution in [0.1, 0.15) is 84.9 Å². The maximum absolute atomic E-state index is 9.59. The summed E-state index contributed by atoms with van der Waals surface area (Å²) in [5.41, 5.74) is 17.4. The second-order valence-electron chi connectivity index (χ2n) is 23.2. The summed E-state index contributed by atoms with van der Waals surface area (Å²) in [7, 11) is 0. The van der Waals surface area contributed by atoms with Crippen molar-refractivity contribution in [2.24, 2.45) is 0 Å². The van der Waals surface area contributed by atoms with Crippen LogP contribution in [0.3, 0.4) is 0 Å². The molecule has 12 aromatic rings. The first kappa shape index (κ1) is 41.4. The van der Waals surface area contributed by atoms with Crippen LogP contribution in [-0.4, -0.2) is 14.1 Å². The molecule has 0 atom stereocenters. The fourth-order valence-electron chi connectivity index (χ4n) is 12.4. The van der Waals surface area contributed by atoms with E-state index in [0.717, 1.165) is 102 Å². The van der Waals surface area contributed by atoms with E-state index in [2.05, 4.69) is 191 Å². The van der Waals surface area contributed by atoms with Crippen molar-refractivity contribution in [1.29, 1.82) is 0 Å². The Morgan fingerprint density at radius 3 is 1.88 bits per heavy atom. The van der Waals surface area contributed by atoms with Gasteiger partial charge < -0.3 is 4.74 Å². The Labute approximate surface area is 458 Å². The van der Waals surface area contributed by atoms with Crippen LogP contribution in [0.4, 0.5) is 0 Å². The van der Waals surface area contributed by atoms with Crippen LogP contribution in [0.2, 0.25) is 0 Å². The SMILES string of the molecule is [2H]c1c([2H])c([2H])c(-c2ccc3c(c2-[n+]2[c-]n(-c4cccc(Oc5ccc6c7ccccc7n(-c7cc(C(C)(C)C)ccn7)c6c5)c4)c4ccccc42)-c2cc4c(cc2-c2ccccc2-c2ccccc2-3)C(C)(C)CCC4(C)C)c([2H])c1[2H]. The molecule has 3 aromatic heterocycles. The van der Waals surface area contributed by atoms with Gasteiger partial charge in [0.1, 0.15) is 17.3 Å². The molecule has 0 aliphatic heterocycles. The van der Waals surface area contributed by atoms with E-state index in [-0.39, 0.29) is 33.9 Å². The number of benzene rings is 9. The molecule has 9 aromatic carbocycles. The fraction of sp³-hybridized carbons (Fsp3) is 0.167. The summed E-state index contributed by atoms with van der Waals surface area (Å²) in [4.78, 5) is 4.91. The first-order valence-electron chi connectivity index (χ1n) is 29.2. The monoisotopic (exact) mass is 1000 g/mol. The normalized spacial score (nSPS) is 15.2. The lowest BCUT2D eigenvalue weighted by Crippen LogP contribution is -2.34. The van der Waals surface area contributed by atoms with Gasteiger partial charge in [-0.25, -0.2) is 4.98 Å². The topological polar surface area (TPSA) is 35.9 Å². The van der Waals surface area contributed by atoms with Gasteiger partial charge in [0.25, 0.3) is 6.33 Å². The second-order valence-corrected chi connectivity index (χ2v) is 23.2. The Balaban J connectivity index is 1.01. The molecule has 0 N–H and O–H groups in total. The Bertz CT molecular complexity index is 4640. The maximum atomic E-state index is 9.59. The smallest absolute Gasteiger partial charge is 0.269 e. The third kappa shape index (κ3) is 7.57. The molecule has 0 unspecified atom stereocenters. The Hall–Kier alpha value is -8.80. The molecule has 0 fully saturated rings. The van der Waals surface area contributed by atoms with Crippen molar-refractivity contribution < 1.29 is 16.2 Å². The summed E-state index contributed by atoms with van der Waals surface area (Å²) in [5, 5.41) is 2.22. The van der Waals surface area contributed by atoms with E-state index >= 15 is 0 Å². The molecule has 0 bridgehead atoms. The highest BCUT2D eigenvalue weighted by atomic mass is 16.5. The molecule has 77 heavy (non-hydrogen) atoms. The lowest BCUT2D eigenvalue weighted by atomic mass is 9.62. The number of hydrogen-bond donors (Lipinski definition) is 0. The van der Waals surface area contributed by atoms with E-state index in [1.807, 2.05) is 59.3 Å². The predicted octanol–water partition coefficient (Wildman–Crippen LogP) is 18.3. The van der Waals surface area contributed by atoms with E-state index in [1.165, 1.54) is 16.7 Å². The van der Waals surface area contributed by atoms with Crippen molar-refractivity contribution in [1.82, 2.24) is 14.1 Å². The van der Waals surface area contributed by atoms with Gasteiger partial charge in [-0.2, -0.15) is 0 Å². The van der Waals surface area contributed by atoms with Gasteiger partial charge in [-0.05, 0) is 150 Å². The second kappa shape index (κ2) is 17.4. The van der Waals surface area contributed by atoms with Gasteiger partial charge in [0.05, 0.1) is 40.3 Å². The van der Waals surface area contributed by atoms with E-state index in [0.29, 0.717) is 22.7 Å². The maximum Gasteiger partial charge on any atom is 0.269 e. The van der Waals surface area contributed by atoms with E-state index in [1.54, 1.807) is 0 Å². The first-order valence-corrected chi connectivity index (χ1v) is 26.7. The quantitative estimate of drug-likeness (QED) is 0.123. The molecule has 374 valence electrons. The minimum atomic E-state index is -0.443. The van der Waals surface area contributed by atoms with Crippen LogP contribution in [0.25, 0.3) is 106 Å². The highest BCUT2D eigenvalue weighted by molar-refractivity contribution is 6.10. The zero-order valence-electron chi connectivity index (χ0n) is 49.4. The summed E-state index contributed by atoms with van der Waals surface area (Å²) >= 11 is 0. The number of ether oxygens (including phenoxy) is 1. The number of imidazole rings is 1. The minimum Gasteiger partial charge on any atom is -0.458 e. The number of fused-ring (bicyclic) bond motifs is 13. The number of para-hydroxylation sites is 3. The zero-order valence-corrected chi connectivity index (χ0v) is 44.4. The zero-order chi connectivity index (χ0) is 56.7. The van der Waals surface area contributed by atoms with Gasteiger partial charge in [0, 0.05) is 28.6 Å². The summed E-state index contributed by atoms with van der Waals surface area (Å²) in [6, 6.07) is 59.4. The van der Waals surface area contributed by atoms with Crippen molar-refractivity contribution in [3.63, 3.8) is 0 Å². The van der Waals surface area contributed by atoms with Crippen LogP contribution < -0.4 is 9.30 Å². The predicted molar refractivity (Wildman–Crippen MR) is 317 cm³/mol. The minimum absolute atomic E-state index is 0.0668. The molecule has 3 heterocycles. The highest BCUT2D eigenvalue weighted by Crippen LogP contribution is 2.55. The molecule has 5 nitrogen and oxygen atoms in total. The van der Waals surface area contributed by atoms with Crippen LogP contribution in [-0.2, 0) is 16.2 Å². The molecule has 0 spiro atoms. The van der Waals surface area contributed by atoms with Gasteiger partial charge in [-0.15, -0.1) is 0 Å². The van der Waals surface area contributed by atoms with E-state index in [9.17, 15) is 2.74 Å².